The summed E-state index contributed by atoms with van der Waals surface area (Å²) in [5, 5.41) is 4.05. The second-order valence-corrected chi connectivity index (χ2v) is 5.54. The Morgan fingerprint density at radius 3 is 2.60 bits per heavy atom. The topological polar surface area (TPSA) is 107 Å². The molecule has 0 atom stereocenters. The zero-order chi connectivity index (χ0) is 18.2. The quantitative estimate of drug-likeness (QED) is 0.265. The van der Waals surface area contributed by atoms with Crippen molar-refractivity contribution in [2.75, 3.05) is 19.1 Å². The molecule has 0 aliphatic carbocycles. The number of hydrogen-bond acceptors (Lipinski definition) is 9. The van der Waals surface area contributed by atoms with Crippen molar-refractivity contribution in [1.29, 1.82) is 0 Å². The zero-order valence-corrected chi connectivity index (χ0v) is 14.3. The van der Waals surface area contributed by atoms with Crippen LogP contribution in [0.2, 0.25) is 0 Å². The van der Waals surface area contributed by atoms with Crippen molar-refractivity contribution < 1.29 is 23.9 Å². The average molecular weight is 361 g/mol. The Morgan fingerprint density at radius 2 is 1.96 bits per heavy atom. The average Bonchev–Trinajstić information content (AvgIpc) is 3.11. The highest BCUT2D eigenvalue weighted by molar-refractivity contribution is 7.17. The fourth-order valence-corrected chi connectivity index (χ4v) is 2.42. The zero-order valence-electron chi connectivity index (χ0n) is 13.5. The fourth-order valence-electron chi connectivity index (χ4n) is 1.74. The van der Waals surface area contributed by atoms with Gasteiger partial charge in [-0.1, -0.05) is 41.7 Å². The Hall–Kier alpha value is -3.07. The van der Waals surface area contributed by atoms with E-state index in [0.29, 0.717) is 5.56 Å². The van der Waals surface area contributed by atoms with Crippen molar-refractivity contribution in [3.05, 3.63) is 47.0 Å². The van der Waals surface area contributed by atoms with Crippen LogP contribution in [-0.4, -0.2) is 42.1 Å². The van der Waals surface area contributed by atoms with E-state index in [-0.39, 0.29) is 16.6 Å². The maximum atomic E-state index is 12.5. The second kappa shape index (κ2) is 8.69. The van der Waals surface area contributed by atoms with Crippen molar-refractivity contribution in [2.45, 2.75) is 6.92 Å². The number of ether oxygens (including phenoxy) is 2. The molecule has 130 valence electrons. The SMILES string of the molecule is CCOC(=O)/C(=N/Nc1ncc(C(=O)OC)s1)C(=O)c1ccccc1. The van der Waals surface area contributed by atoms with E-state index in [2.05, 4.69) is 20.2 Å². The number of rotatable bonds is 7. The van der Waals surface area contributed by atoms with Gasteiger partial charge in [-0.15, -0.1) is 0 Å². The summed E-state index contributed by atoms with van der Waals surface area (Å²) >= 11 is 0.973. The van der Waals surface area contributed by atoms with Gasteiger partial charge in [0.1, 0.15) is 4.88 Å². The van der Waals surface area contributed by atoms with E-state index in [0.717, 1.165) is 11.3 Å². The molecule has 1 aromatic carbocycles. The summed E-state index contributed by atoms with van der Waals surface area (Å²) in [6.07, 6.45) is 1.30. The molecule has 2 rings (SSSR count). The molecular weight excluding hydrogens is 346 g/mol. The largest absolute Gasteiger partial charge is 0.465 e. The van der Waals surface area contributed by atoms with Crippen LogP contribution < -0.4 is 5.43 Å². The number of Topliss-reactive ketones (excluding diaryl/α,β-unsaturated/α-hetero) is 1. The lowest BCUT2D eigenvalue weighted by atomic mass is 10.1. The van der Waals surface area contributed by atoms with Crippen molar-refractivity contribution in [3.8, 4) is 0 Å². The summed E-state index contributed by atoms with van der Waals surface area (Å²) in [5.74, 6) is -1.98. The molecule has 25 heavy (non-hydrogen) atoms. The minimum absolute atomic E-state index is 0.101. The van der Waals surface area contributed by atoms with E-state index >= 15 is 0 Å². The van der Waals surface area contributed by atoms with Gasteiger partial charge in [0.25, 0.3) is 0 Å². The van der Waals surface area contributed by atoms with E-state index in [1.807, 2.05) is 0 Å². The predicted octanol–water partition coefficient (Wildman–Crippen LogP) is 2.14. The minimum atomic E-state index is -0.853. The first-order chi connectivity index (χ1) is 12.1. The van der Waals surface area contributed by atoms with E-state index in [4.69, 9.17) is 4.74 Å². The summed E-state index contributed by atoms with van der Waals surface area (Å²) < 4.78 is 9.46. The van der Waals surface area contributed by atoms with Crippen LogP contribution in [0.15, 0.2) is 41.6 Å². The number of anilines is 1. The maximum absolute atomic E-state index is 12.5. The molecule has 8 nitrogen and oxygen atoms in total. The van der Waals surface area contributed by atoms with Gasteiger partial charge in [0.15, 0.2) is 0 Å². The number of ketones is 1. The first-order valence-corrected chi connectivity index (χ1v) is 8.03. The summed E-state index contributed by atoms with van der Waals surface area (Å²) in [6.45, 7) is 1.73. The Balaban J connectivity index is 2.24. The summed E-state index contributed by atoms with van der Waals surface area (Å²) in [4.78, 5) is 40.1. The molecular formula is C16H15N3O5S. The molecule has 0 saturated carbocycles. The van der Waals surface area contributed by atoms with Gasteiger partial charge < -0.3 is 9.47 Å². The number of nitrogens with zero attached hydrogens (tertiary/aromatic N) is 2. The van der Waals surface area contributed by atoms with Crippen LogP contribution in [0.5, 0.6) is 0 Å². The standard InChI is InChI=1S/C16H15N3O5S/c1-3-24-15(22)12(13(20)10-7-5-4-6-8-10)18-19-16-17-9-11(25-16)14(21)23-2/h4-9H,3H2,1-2H3,(H,17,19)/b18-12+. The third kappa shape index (κ3) is 4.70. The van der Waals surface area contributed by atoms with Gasteiger partial charge in [-0.25, -0.2) is 14.6 Å². The van der Waals surface area contributed by atoms with Gasteiger partial charge >= 0.3 is 11.9 Å². The highest BCUT2D eigenvalue weighted by atomic mass is 32.1. The van der Waals surface area contributed by atoms with Crippen LogP contribution in [0.25, 0.3) is 0 Å². The molecule has 2 aromatic rings. The van der Waals surface area contributed by atoms with Gasteiger partial charge in [-0.3, -0.25) is 10.2 Å². The third-order valence-corrected chi connectivity index (χ3v) is 3.76. The molecule has 0 fully saturated rings. The fraction of sp³-hybridized carbons (Fsp3) is 0.188. The van der Waals surface area contributed by atoms with Crippen LogP contribution in [0.3, 0.4) is 0 Å². The Morgan fingerprint density at radius 1 is 1.24 bits per heavy atom. The van der Waals surface area contributed by atoms with Gasteiger partial charge in [-0.2, -0.15) is 5.10 Å². The van der Waals surface area contributed by atoms with Crippen molar-refractivity contribution >= 4 is 39.9 Å². The lowest BCUT2D eigenvalue weighted by molar-refractivity contribution is -0.134. The number of methoxy groups -OCH3 is 1. The Kier molecular flexibility index (Phi) is 6.35. The highest BCUT2D eigenvalue weighted by Gasteiger charge is 2.24. The molecule has 1 N–H and O–H groups in total. The molecule has 0 spiro atoms. The first-order valence-electron chi connectivity index (χ1n) is 7.21. The molecule has 0 amide bonds. The summed E-state index contributed by atoms with van der Waals surface area (Å²) in [6, 6.07) is 8.23. The Labute approximate surface area is 147 Å². The van der Waals surface area contributed by atoms with Crippen molar-refractivity contribution in [1.82, 2.24) is 4.98 Å². The smallest absolute Gasteiger partial charge is 0.362 e. The van der Waals surface area contributed by atoms with Crippen molar-refractivity contribution in [2.24, 2.45) is 5.10 Å². The number of hydrazone groups is 1. The first kappa shape index (κ1) is 18.3. The lowest BCUT2D eigenvalue weighted by Gasteiger charge is -2.05. The number of carbonyl (C=O) groups is 3. The molecule has 0 saturated heterocycles. The van der Waals surface area contributed by atoms with Crippen LogP contribution in [0.1, 0.15) is 27.0 Å². The molecule has 0 bridgehead atoms. The molecule has 0 radical (unpaired) electrons. The molecule has 9 heteroatoms. The third-order valence-electron chi connectivity index (χ3n) is 2.88. The number of esters is 2. The van der Waals surface area contributed by atoms with E-state index < -0.39 is 23.4 Å². The predicted molar refractivity (Wildman–Crippen MR) is 91.9 cm³/mol. The number of nitrogens with one attached hydrogen (secondary N) is 1. The van der Waals surface area contributed by atoms with E-state index in [1.54, 1.807) is 37.3 Å². The Bertz CT molecular complexity index is 801. The van der Waals surface area contributed by atoms with Gasteiger partial charge in [-0.05, 0) is 6.92 Å². The number of thiazole rings is 1. The van der Waals surface area contributed by atoms with Crippen LogP contribution >= 0.6 is 11.3 Å². The lowest BCUT2D eigenvalue weighted by Crippen LogP contribution is -2.27. The number of benzene rings is 1. The molecule has 0 aliphatic heterocycles. The highest BCUT2D eigenvalue weighted by Crippen LogP contribution is 2.18. The minimum Gasteiger partial charge on any atom is -0.465 e. The number of carbonyl (C=O) groups excluding carboxylic acids is 3. The molecule has 1 aromatic heterocycles. The molecule has 0 aliphatic rings. The molecule has 1 heterocycles. The maximum Gasteiger partial charge on any atom is 0.362 e. The van der Waals surface area contributed by atoms with Gasteiger partial charge in [0.05, 0.1) is 19.9 Å². The van der Waals surface area contributed by atoms with Crippen LogP contribution in [0, 0.1) is 0 Å². The van der Waals surface area contributed by atoms with Crippen LogP contribution in [0.4, 0.5) is 5.13 Å². The monoisotopic (exact) mass is 361 g/mol. The van der Waals surface area contributed by atoms with E-state index in [1.165, 1.54) is 13.3 Å². The summed E-state index contributed by atoms with van der Waals surface area (Å²) in [5.41, 5.74) is 2.38. The van der Waals surface area contributed by atoms with Gasteiger partial charge in [0.2, 0.25) is 16.6 Å². The second-order valence-electron chi connectivity index (χ2n) is 4.51. The van der Waals surface area contributed by atoms with Crippen molar-refractivity contribution in [3.63, 3.8) is 0 Å². The number of aromatic nitrogens is 1. The molecule has 0 unspecified atom stereocenters. The number of hydrogen-bond donors (Lipinski definition) is 1. The van der Waals surface area contributed by atoms with Gasteiger partial charge in [0, 0.05) is 5.56 Å². The summed E-state index contributed by atoms with van der Waals surface area (Å²) in [7, 11) is 1.25. The van der Waals surface area contributed by atoms with Crippen LogP contribution in [-0.2, 0) is 14.3 Å². The normalized spacial score (nSPS) is 10.9. The van der Waals surface area contributed by atoms with E-state index in [9.17, 15) is 14.4 Å².